The minimum Gasteiger partial charge on any atom is -0.378 e. The predicted molar refractivity (Wildman–Crippen MR) is 52.2 cm³/mol. The molecule has 0 amide bonds. The lowest BCUT2D eigenvalue weighted by molar-refractivity contribution is 0.100. The van der Waals surface area contributed by atoms with Crippen LogP contribution in [0.25, 0.3) is 0 Å². The number of nitrogens with zero attached hydrogens (tertiary/aromatic N) is 1. The topological polar surface area (TPSA) is 33.0 Å². The summed E-state index contributed by atoms with van der Waals surface area (Å²) in [5, 5.41) is 8.80. The van der Waals surface area contributed by atoms with Crippen molar-refractivity contribution in [2.24, 2.45) is 5.41 Å². The number of ether oxygens (including phenoxy) is 1. The van der Waals surface area contributed by atoms with Gasteiger partial charge in [-0.3, -0.25) is 0 Å². The van der Waals surface area contributed by atoms with Gasteiger partial charge in [0, 0.05) is 6.61 Å². The van der Waals surface area contributed by atoms with Crippen LogP contribution in [-0.4, -0.2) is 12.7 Å². The fourth-order valence-corrected chi connectivity index (χ4v) is 1.70. The second-order valence-electron chi connectivity index (χ2n) is 4.52. The molecular weight excluding hydrogens is 162 g/mol. The number of hydrogen-bond donors (Lipinski definition) is 0. The SMILES string of the molecule is CC(C)(C#N)CCCC1CCCO1. The molecule has 0 saturated carbocycles. The first-order valence-corrected chi connectivity index (χ1v) is 5.17. The molecule has 1 heterocycles. The van der Waals surface area contributed by atoms with Gasteiger partial charge in [-0.25, -0.2) is 0 Å². The Morgan fingerprint density at radius 1 is 1.54 bits per heavy atom. The smallest absolute Gasteiger partial charge is 0.0683 e. The highest BCUT2D eigenvalue weighted by molar-refractivity contribution is 4.91. The van der Waals surface area contributed by atoms with E-state index in [9.17, 15) is 0 Å². The molecule has 1 fully saturated rings. The summed E-state index contributed by atoms with van der Waals surface area (Å²) in [6.45, 7) is 4.94. The van der Waals surface area contributed by atoms with E-state index in [2.05, 4.69) is 6.07 Å². The fraction of sp³-hybridized carbons (Fsp3) is 0.909. The van der Waals surface area contributed by atoms with Crippen LogP contribution in [0.3, 0.4) is 0 Å². The van der Waals surface area contributed by atoms with E-state index in [4.69, 9.17) is 10.00 Å². The summed E-state index contributed by atoms with van der Waals surface area (Å²) in [5.74, 6) is 0. The normalized spacial score (nSPS) is 23.0. The Labute approximate surface area is 80.9 Å². The maximum absolute atomic E-state index is 8.80. The largest absolute Gasteiger partial charge is 0.378 e. The molecule has 2 heteroatoms. The minimum atomic E-state index is -0.154. The van der Waals surface area contributed by atoms with Crippen LogP contribution >= 0.6 is 0 Å². The highest BCUT2D eigenvalue weighted by atomic mass is 16.5. The molecule has 13 heavy (non-hydrogen) atoms. The van der Waals surface area contributed by atoms with E-state index < -0.39 is 0 Å². The van der Waals surface area contributed by atoms with Crippen LogP contribution in [0, 0.1) is 16.7 Å². The Morgan fingerprint density at radius 2 is 2.31 bits per heavy atom. The van der Waals surface area contributed by atoms with Gasteiger partial charge >= 0.3 is 0 Å². The molecule has 1 atom stereocenters. The van der Waals surface area contributed by atoms with Crippen LogP contribution in [0.2, 0.25) is 0 Å². The van der Waals surface area contributed by atoms with Crippen molar-refractivity contribution in [1.82, 2.24) is 0 Å². The number of rotatable bonds is 4. The third-order valence-corrected chi connectivity index (χ3v) is 2.65. The second kappa shape index (κ2) is 4.62. The van der Waals surface area contributed by atoms with Crippen molar-refractivity contribution in [2.45, 2.75) is 52.1 Å². The van der Waals surface area contributed by atoms with E-state index >= 15 is 0 Å². The predicted octanol–water partition coefficient (Wildman–Crippen LogP) is 2.89. The van der Waals surface area contributed by atoms with Gasteiger partial charge in [-0.05, 0) is 46.0 Å². The van der Waals surface area contributed by atoms with Crippen molar-refractivity contribution in [2.75, 3.05) is 6.61 Å². The van der Waals surface area contributed by atoms with Crippen LogP contribution in [-0.2, 0) is 4.74 Å². The van der Waals surface area contributed by atoms with Gasteiger partial charge in [-0.1, -0.05) is 0 Å². The first kappa shape index (κ1) is 10.5. The highest BCUT2D eigenvalue weighted by Gasteiger charge is 2.19. The summed E-state index contributed by atoms with van der Waals surface area (Å²) < 4.78 is 5.52. The van der Waals surface area contributed by atoms with E-state index in [0.29, 0.717) is 6.10 Å². The molecule has 0 aromatic heterocycles. The zero-order valence-electron chi connectivity index (χ0n) is 8.68. The lowest BCUT2D eigenvalue weighted by Crippen LogP contribution is -2.10. The van der Waals surface area contributed by atoms with Gasteiger partial charge in [0.2, 0.25) is 0 Å². The van der Waals surface area contributed by atoms with Gasteiger partial charge in [0.1, 0.15) is 0 Å². The van der Waals surface area contributed by atoms with Gasteiger partial charge in [-0.2, -0.15) is 5.26 Å². The third kappa shape index (κ3) is 3.78. The molecule has 0 aromatic rings. The van der Waals surface area contributed by atoms with Crippen molar-refractivity contribution < 1.29 is 4.74 Å². The van der Waals surface area contributed by atoms with E-state index in [1.807, 2.05) is 13.8 Å². The molecule has 1 unspecified atom stereocenters. The molecule has 0 bridgehead atoms. The minimum absolute atomic E-state index is 0.154. The van der Waals surface area contributed by atoms with Gasteiger partial charge in [0.25, 0.3) is 0 Å². The molecule has 0 N–H and O–H groups in total. The van der Waals surface area contributed by atoms with Gasteiger partial charge < -0.3 is 4.74 Å². The van der Waals surface area contributed by atoms with E-state index in [1.165, 1.54) is 12.8 Å². The van der Waals surface area contributed by atoms with Crippen LogP contribution in [0.4, 0.5) is 0 Å². The summed E-state index contributed by atoms with van der Waals surface area (Å²) in [6, 6.07) is 2.33. The van der Waals surface area contributed by atoms with Crippen LogP contribution in [0.1, 0.15) is 46.0 Å². The average Bonchev–Trinajstić information content (AvgIpc) is 2.57. The Bertz CT molecular complexity index is 187. The van der Waals surface area contributed by atoms with E-state index in [-0.39, 0.29) is 5.41 Å². The molecule has 2 nitrogen and oxygen atoms in total. The molecule has 0 aromatic carbocycles. The number of hydrogen-bond acceptors (Lipinski definition) is 2. The standard InChI is InChI=1S/C11H19NO/c1-11(2,9-12)7-3-5-10-6-4-8-13-10/h10H,3-8H2,1-2H3. The quantitative estimate of drug-likeness (QED) is 0.668. The Balaban J connectivity index is 2.10. The monoisotopic (exact) mass is 181 g/mol. The van der Waals surface area contributed by atoms with Crippen LogP contribution < -0.4 is 0 Å². The molecular formula is C11H19NO. The molecule has 74 valence electrons. The molecule has 0 aliphatic carbocycles. The third-order valence-electron chi connectivity index (χ3n) is 2.65. The molecule has 1 aliphatic rings. The molecule has 1 saturated heterocycles. The van der Waals surface area contributed by atoms with Crippen molar-refractivity contribution in [3.63, 3.8) is 0 Å². The molecule has 1 aliphatic heterocycles. The summed E-state index contributed by atoms with van der Waals surface area (Å²) in [7, 11) is 0. The first-order chi connectivity index (χ1) is 6.14. The van der Waals surface area contributed by atoms with E-state index in [0.717, 1.165) is 25.9 Å². The van der Waals surface area contributed by atoms with Gasteiger partial charge in [0.15, 0.2) is 0 Å². The Hall–Kier alpha value is -0.550. The zero-order valence-corrected chi connectivity index (χ0v) is 8.68. The maximum Gasteiger partial charge on any atom is 0.0683 e. The summed E-state index contributed by atoms with van der Waals surface area (Å²) >= 11 is 0. The lowest BCUT2D eigenvalue weighted by atomic mass is 9.88. The van der Waals surface area contributed by atoms with Crippen molar-refractivity contribution in [1.29, 1.82) is 5.26 Å². The average molecular weight is 181 g/mol. The maximum atomic E-state index is 8.80. The summed E-state index contributed by atoms with van der Waals surface area (Å²) in [6.07, 6.45) is 6.15. The van der Waals surface area contributed by atoms with Gasteiger partial charge in [0.05, 0.1) is 17.6 Å². The summed E-state index contributed by atoms with van der Waals surface area (Å²) in [5.41, 5.74) is -0.154. The first-order valence-electron chi connectivity index (χ1n) is 5.17. The lowest BCUT2D eigenvalue weighted by Gasteiger charge is -2.16. The summed E-state index contributed by atoms with van der Waals surface area (Å²) in [4.78, 5) is 0. The van der Waals surface area contributed by atoms with Crippen molar-refractivity contribution >= 4 is 0 Å². The molecule has 0 radical (unpaired) electrons. The highest BCUT2D eigenvalue weighted by Crippen LogP contribution is 2.25. The molecule has 1 rings (SSSR count). The van der Waals surface area contributed by atoms with Crippen LogP contribution in [0.5, 0.6) is 0 Å². The fourth-order valence-electron chi connectivity index (χ4n) is 1.70. The zero-order chi connectivity index (χ0) is 9.73. The molecule has 0 spiro atoms. The van der Waals surface area contributed by atoms with Gasteiger partial charge in [-0.15, -0.1) is 0 Å². The van der Waals surface area contributed by atoms with Crippen molar-refractivity contribution in [3.05, 3.63) is 0 Å². The second-order valence-corrected chi connectivity index (χ2v) is 4.52. The number of nitriles is 1. The Morgan fingerprint density at radius 3 is 2.85 bits per heavy atom. The van der Waals surface area contributed by atoms with Crippen LogP contribution in [0.15, 0.2) is 0 Å². The van der Waals surface area contributed by atoms with E-state index in [1.54, 1.807) is 0 Å². The Kier molecular flexibility index (Phi) is 3.74. The van der Waals surface area contributed by atoms with Crippen molar-refractivity contribution in [3.8, 4) is 6.07 Å².